The summed E-state index contributed by atoms with van der Waals surface area (Å²) in [7, 11) is 0. The Kier molecular flexibility index (Phi) is 4.90. The average molecular weight is 286 g/mol. The Labute approximate surface area is 114 Å². The summed E-state index contributed by atoms with van der Waals surface area (Å²) in [5.41, 5.74) is -2.00. The summed E-state index contributed by atoms with van der Waals surface area (Å²) in [6.07, 6.45) is -1.73. The van der Waals surface area contributed by atoms with E-state index in [2.05, 4.69) is 13.2 Å². The van der Waals surface area contributed by atoms with Crippen LogP contribution >= 0.6 is 0 Å². The highest BCUT2D eigenvalue weighted by atomic mass is 19.4. The van der Waals surface area contributed by atoms with Crippen molar-refractivity contribution in [2.45, 2.75) is 6.18 Å². The molecule has 20 heavy (non-hydrogen) atoms. The van der Waals surface area contributed by atoms with Gasteiger partial charge in [0.2, 0.25) is 0 Å². The van der Waals surface area contributed by atoms with E-state index in [4.69, 9.17) is 0 Å². The van der Waals surface area contributed by atoms with Crippen LogP contribution in [0.1, 0.15) is 5.56 Å². The van der Waals surface area contributed by atoms with Gasteiger partial charge in [0.1, 0.15) is 5.56 Å². The zero-order chi connectivity index (χ0) is 15.3. The summed E-state index contributed by atoms with van der Waals surface area (Å²) < 4.78 is 38.6. The first-order valence-electron chi connectivity index (χ1n) is 5.63. The number of rotatable bonds is 6. The molecule has 0 amide bonds. The lowest BCUT2D eigenvalue weighted by molar-refractivity contribution is -0.388. The monoisotopic (exact) mass is 286 g/mol. The van der Waals surface area contributed by atoms with Crippen LogP contribution in [0.15, 0.2) is 43.5 Å². The number of alkyl halides is 3. The van der Waals surface area contributed by atoms with Crippen LogP contribution in [-0.4, -0.2) is 18.0 Å². The van der Waals surface area contributed by atoms with Crippen LogP contribution in [0.2, 0.25) is 0 Å². The summed E-state index contributed by atoms with van der Waals surface area (Å²) in [5.74, 6) is 0. The second-order valence-corrected chi connectivity index (χ2v) is 3.94. The molecule has 108 valence electrons. The first-order chi connectivity index (χ1) is 9.31. The lowest BCUT2D eigenvalue weighted by Gasteiger charge is -2.22. The fourth-order valence-electron chi connectivity index (χ4n) is 1.70. The van der Waals surface area contributed by atoms with Crippen LogP contribution in [0, 0.1) is 10.1 Å². The Balaban J connectivity index is 3.33. The van der Waals surface area contributed by atoms with Crippen molar-refractivity contribution in [2.24, 2.45) is 0 Å². The summed E-state index contributed by atoms with van der Waals surface area (Å²) >= 11 is 0. The minimum Gasteiger partial charge on any atom is -0.364 e. The van der Waals surface area contributed by atoms with E-state index in [1.54, 1.807) is 4.90 Å². The molecule has 0 saturated carbocycles. The third-order valence-corrected chi connectivity index (χ3v) is 2.55. The van der Waals surface area contributed by atoms with Crippen molar-refractivity contribution in [2.75, 3.05) is 18.0 Å². The molecule has 7 heteroatoms. The molecule has 0 aliphatic heterocycles. The Hall–Kier alpha value is -2.31. The maximum Gasteiger partial charge on any atom is 0.423 e. The van der Waals surface area contributed by atoms with Crippen molar-refractivity contribution >= 4 is 11.4 Å². The maximum absolute atomic E-state index is 12.9. The smallest absolute Gasteiger partial charge is 0.364 e. The Morgan fingerprint density at radius 1 is 1.25 bits per heavy atom. The van der Waals surface area contributed by atoms with Crippen molar-refractivity contribution in [3.63, 3.8) is 0 Å². The summed E-state index contributed by atoms with van der Waals surface area (Å²) in [4.78, 5) is 11.2. The SMILES string of the molecule is C=CCN(CC=C)c1ccc([N+](=O)[O-])c(C(F)(F)F)c1. The van der Waals surface area contributed by atoms with E-state index in [-0.39, 0.29) is 5.69 Å². The number of nitrogens with zero attached hydrogens (tertiary/aromatic N) is 2. The highest BCUT2D eigenvalue weighted by Gasteiger charge is 2.38. The van der Waals surface area contributed by atoms with E-state index < -0.39 is 22.4 Å². The Bertz CT molecular complexity index is 517. The van der Waals surface area contributed by atoms with Gasteiger partial charge in [0.25, 0.3) is 5.69 Å². The molecule has 0 spiro atoms. The second-order valence-electron chi connectivity index (χ2n) is 3.94. The van der Waals surface area contributed by atoms with Crippen molar-refractivity contribution < 1.29 is 18.1 Å². The van der Waals surface area contributed by atoms with E-state index in [9.17, 15) is 23.3 Å². The zero-order valence-corrected chi connectivity index (χ0v) is 10.6. The summed E-state index contributed by atoms with van der Waals surface area (Å²) in [6, 6.07) is 2.91. The minimum absolute atomic E-state index is 0.225. The minimum atomic E-state index is -4.79. The molecule has 0 heterocycles. The molecular weight excluding hydrogens is 273 g/mol. The number of nitro benzene ring substituents is 1. The van der Waals surface area contributed by atoms with Gasteiger partial charge in [0.15, 0.2) is 0 Å². The molecule has 1 aromatic rings. The Morgan fingerprint density at radius 2 is 1.80 bits per heavy atom. The molecule has 1 rings (SSSR count). The molecule has 0 N–H and O–H groups in total. The van der Waals surface area contributed by atoms with Gasteiger partial charge in [-0.25, -0.2) is 0 Å². The number of halogens is 3. The predicted molar refractivity (Wildman–Crippen MR) is 70.7 cm³/mol. The molecule has 0 fully saturated rings. The molecule has 0 saturated heterocycles. The van der Waals surface area contributed by atoms with Gasteiger partial charge in [0, 0.05) is 24.8 Å². The number of hydrogen-bond donors (Lipinski definition) is 0. The van der Waals surface area contributed by atoms with E-state index in [0.29, 0.717) is 13.1 Å². The van der Waals surface area contributed by atoms with Gasteiger partial charge in [-0.1, -0.05) is 12.2 Å². The number of anilines is 1. The molecule has 0 aromatic heterocycles. The fourth-order valence-corrected chi connectivity index (χ4v) is 1.70. The van der Waals surface area contributed by atoms with E-state index in [1.807, 2.05) is 0 Å². The first kappa shape index (κ1) is 15.7. The third-order valence-electron chi connectivity index (χ3n) is 2.55. The van der Waals surface area contributed by atoms with Crippen LogP contribution in [0.3, 0.4) is 0 Å². The van der Waals surface area contributed by atoms with Gasteiger partial charge in [0.05, 0.1) is 4.92 Å². The molecule has 0 atom stereocenters. The topological polar surface area (TPSA) is 46.4 Å². The van der Waals surface area contributed by atoms with Crippen molar-refractivity contribution in [1.29, 1.82) is 0 Å². The van der Waals surface area contributed by atoms with Gasteiger partial charge in [-0.15, -0.1) is 13.2 Å². The van der Waals surface area contributed by atoms with Gasteiger partial charge in [-0.2, -0.15) is 13.2 Å². The van der Waals surface area contributed by atoms with Gasteiger partial charge >= 0.3 is 6.18 Å². The van der Waals surface area contributed by atoms with Gasteiger partial charge < -0.3 is 4.90 Å². The van der Waals surface area contributed by atoms with E-state index in [0.717, 1.165) is 12.1 Å². The highest BCUT2D eigenvalue weighted by Crippen LogP contribution is 2.38. The molecule has 0 unspecified atom stereocenters. The molecule has 0 aliphatic rings. The third kappa shape index (κ3) is 3.59. The summed E-state index contributed by atoms with van der Waals surface area (Å²) in [5, 5.41) is 10.7. The van der Waals surface area contributed by atoms with E-state index >= 15 is 0 Å². The lowest BCUT2D eigenvalue weighted by atomic mass is 10.1. The number of hydrogen-bond acceptors (Lipinski definition) is 3. The number of nitro groups is 1. The summed E-state index contributed by atoms with van der Waals surface area (Å²) in [6.45, 7) is 7.65. The second kappa shape index (κ2) is 6.23. The van der Waals surface area contributed by atoms with Crippen LogP contribution in [-0.2, 0) is 6.18 Å². The molecule has 0 aliphatic carbocycles. The average Bonchev–Trinajstić information content (AvgIpc) is 2.36. The standard InChI is InChI=1S/C13H13F3N2O2/c1-3-7-17(8-4-2)10-5-6-12(18(19)20)11(9-10)13(14,15)16/h3-6,9H,1-2,7-8H2. The molecule has 0 radical (unpaired) electrons. The van der Waals surface area contributed by atoms with Crippen LogP contribution in [0.4, 0.5) is 24.5 Å². The molecular formula is C13H13F3N2O2. The zero-order valence-electron chi connectivity index (χ0n) is 10.6. The van der Waals surface area contributed by atoms with Crippen LogP contribution in [0.25, 0.3) is 0 Å². The van der Waals surface area contributed by atoms with E-state index in [1.165, 1.54) is 18.2 Å². The van der Waals surface area contributed by atoms with Gasteiger partial charge in [-0.05, 0) is 12.1 Å². The Morgan fingerprint density at radius 3 is 2.20 bits per heavy atom. The molecule has 4 nitrogen and oxygen atoms in total. The highest BCUT2D eigenvalue weighted by molar-refractivity contribution is 5.57. The largest absolute Gasteiger partial charge is 0.423 e. The molecule has 1 aromatic carbocycles. The fraction of sp³-hybridized carbons (Fsp3) is 0.231. The van der Waals surface area contributed by atoms with Crippen molar-refractivity contribution in [1.82, 2.24) is 0 Å². The quantitative estimate of drug-likeness (QED) is 0.454. The normalized spacial score (nSPS) is 10.9. The molecule has 0 bridgehead atoms. The van der Waals surface area contributed by atoms with Crippen molar-refractivity contribution in [3.8, 4) is 0 Å². The lowest BCUT2D eigenvalue weighted by Crippen LogP contribution is -2.23. The predicted octanol–water partition coefficient (Wildman–Crippen LogP) is 3.79. The number of benzene rings is 1. The van der Waals surface area contributed by atoms with Crippen LogP contribution < -0.4 is 4.90 Å². The van der Waals surface area contributed by atoms with Crippen molar-refractivity contribution in [3.05, 3.63) is 59.2 Å². The van der Waals surface area contributed by atoms with Gasteiger partial charge in [-0.3, -0.25) is 10.1 Å². The van der Waals surface area contributed by atoms with Crippen LogP contribution in [0.5, 0.6) is 0 Å². The first-order valence-corrected chi connectivity index (χ1v) is 5.63. The maximum atomic E-state index is 12.9.